The Morgan fingerprint density at radius 1 is 1.57 bits per heavy atom. The van der Waals surface area contributed by atoms with Gasteiger partial charge in [0.2, 0.25) is 5.95 Å². The lowest BCUT2D eigenvalue weighted by atomic mass is 10.5. The summed E-state index contributed by atoms with van der Waals surface area (Å²) in [6, 6.07) is 1.81. The van der Waals surface area contributed by atoms with Crippen molar-refractivity contribution in [2.24, 2.45) is 7.05 Å². The first kappa shape index (κ1) is 9.07. The van der Waals surface area contributed by atoms with Crippen molar-refractivity contribution < 1.29 is 4.52 Å². The van der Waals surface area contributed by atoms with Crippen LogP contribution in [0.1, 0.15) is 5.69 Å². The van der Waals surface area contributed by atoms with E-state index in [4.69, 9.17) is 10.3 Å². The summed E-state index contributed by atoms with van der Waals surface area (Å²) in [6.07, 6.45) is 1.54. The van der Waals surface area contributed by atoms with Crippen LogP contribution in [0.4, 0.5) is 5.95 Å². The molecule has 2 aromatic rings. The molecule has 0 aliphatic heterocycles. The number of hydrogen-bond donors (Lipinski definition) is 1. The Balaban J connectivity index is 2.02. The van der Waals surface area contributed by atoms with Crippen LogP contribution in [0.15, 0.2) is 22.0 Å². The van der Waals surface area contributed by atoms with Crippen LogP contribution in [0.25, 0.3) is 0 Å². The molecular formula is C7H9N5OS. The summed E-state index contributed by atoms with van der Waals surface area (Å²) in [5.74, 6) is 1.11. The highest BCUT2D eigenvalue weighted by atomic mass is 32.2. The minimum atomic E-state index is 0.410. The van der Waals surface area contributed by atoms with Crippen LogP contribution in [-0.2, 0) is 12.8 Å². The van der Waals surface area contributed by atoms with Crippen LogP contribution in [0, 0.1) is 0 Å². The van der Waals surface area contributed by atoms with Crippen molar-refractivity contribution in [3.63, 3.8) is 0 Å². The van der Waals surface area contributed by atoms with Gasteiger partial charge in [-0.3, -0.25) is 4.57 Å². The van der Waals surface area contributed by atoms with E-state index in [0.717, 1.165) is 10.9 Å². The van der Waals surface area contributed by atoms with Crippen molar-refractivity contribution >= 4 is 17.7 Å². The Morgan fingerprint density at radius 2 is 2.43 bits per heavy atom. The van der Waals surface area contributed by atoms with Crippen molar-refractivity contribution in [1.82, 2.24) is 19.9 Å². The normalized spacial score (nSPS) is 10.6. The minimum Gasteiger partial charge on any atom is -0.368 e. The zero-order valence-electron chi connectivity index (χ0n) is 7.54. The molecule has 6 nitrogen and oxygen atoms in total. The molecule has 0 spiro atoms. The van der Waals surface area contributed by atoms with Crippen molar-refractivity contribution in [1.29, 1.82) is 0 Å². The van der Waals surface area contributed by atoms with E-state index in [2.05, 4.69) is 15.4 Å². The van der Waals surface area contributed by atoms with Crippen LogP contribution >= 0.6 is 11.8 Å². The summed E-state index contributed by atoms with van der Waals surface area (Å²) in [5, 5.41) is 12.2. The second-order valence-corrected chi connectivity index (χ2v) is 3.62. The summed E-state index contributed by atoms with van der Waals surface area (Å²) >= 11 is 1.51. The van der Waals surface area contributed by atoms with E-state index in [1.807, 2.05) is 13.1 Å². The number of nitrogens with zero attached hydrogens (tertiary/aromatic N) is 4. The number of thioether (sulfide) groups is 1. The third-order valence-electron chi connectivity index (χ3n) is 1.71. The first-order valence-electron chi connectivity index (χ1n) is 3.94. The highest BCUT2D eigenvalue weighted by Crippen LogP contribution is 2.20. The predicted octanol–water partition coefficient (Wildman–Crippen LogP) is 0.678. The maximum Gasteiger partial charge on any atom is 0.222 e. The fourth-order valence-electron chi connectivity index (χ4n) is 0.902. The second-order valence-electron chi connectivity index (χ2n) is 2.68. The van der Waals surface area contributed by atoms with Gasteiger partial charge in [0.05, 0.1) is 5.69 Å². The van der Waals surface area contributed by atoms with Gasteiger partial charge in [0.25, 0.3) is 0 Å². The van der Waals surface area contributed by atoms with E-state index < -0.39 is 0 Å². The van der Waals surface area contributed by atoms with E-state index in [1.165, 1.54) is 11.8 Å². The number of aromatic nitrogens is 4. The van der Waals surface area contributed by atoms with Crippen LogP contribution in [0.5, 0.6) is 0 Å². The number of nitrogens with two attached hydrogens (primary N) is 1. The first-order valence-corrected chi connectivity index (χ1v) is 4.93. The van der Waals surface area contributed by atoms with Gasteiger partial charge in [0.15, 0.2) is 5.16 Å². The molecular weight excluding hydrogens is 202 g/mol. The van der Waals surface area contributed by atoms with Crippen molar-refractivity contribution in [3.05, 3.63) is 18.0 Å². The molecule has 0 saturated heterocycles. The topological polar surface area (TPSA) is 82.8 Å². The van der Waals surface area contributed by atoms with Gasteiger partial charge in [0.1, 0.15) is 6.26 Å². The van der Waals surface area contributed by atoms with E-state index in [-0.39, 0.29) is 0 Å². The molecule has 0 aliphatic carbocycles. The lowest BCUT2D eigenvalue weighted by Gasteiger charge is -1.97. The summed E-state index contributed by atoms with van der Waals surface area (Å²) in [7, 11) is 1.82. The maximum absolute atomic E-state index is 5.53. The summed E-state index contributed by atoms with van der Waals surface area (Å²) in [5.41, 5.74) is 6.40. The molecule has 14 heavy (non-hydrogen) atoms. The molecule has 0 unspecified atom stereocenters. The highest BCUT2D eigenvalue weighted by molar-refractivity contribution is 7.98. The molecule has 2 heterocycles. The summed E-state index contributed by atoms with van der Waals surface area (Å²) < 4.78 is 6.43. The molecule has 0 fully saturated rings. The average molecular weight is 211 g/mol. The average Bonchev–Trinajstić information content (AvgIpc) is 2.77. The zero-order chi connectivity index (χ0) is 9.97. The molecule has 7 heteroatoms. The van der Waals surface area contributed by atoms with E-state index in [0.29, 0.717) is 11.7 Å². The Hall–Kier alpha value is -1.50. The molecule has 0 bridgehead atoms. The van der Waals surface area contributed by atoms with Gasteiger partial charge in [-0.25, -0.2) is 0 Å². The lowest BCUT2D eigenvalue weighted by molar-refractivity contribution is 0.414. The molecule has 2 N–H and O–H groups in total. The third kappa shape index (κ3) is 1.72. The van der Waals surface area contributed by atoms with Crippen LogP contribution in [0.3, 0.4) is 0 Å². The van der Waals surface area contributed by atoms with Gasteiger partial charge in [-0.05, 0) is 0 Å². The number of anilines is 1. The smallest absolute Gasteiger partial charge is 0.222 e. The molecule has 0 saturated carbocycles. The number of nitrogen functional groups attached to an aromatic ring is 1. The Labute approximate surface area is 84.5 Å². The van der Waals surface area contributed by atoms with Gasteiger partial charge in [-0.15, -0.1) is 10.2 Å². The van der Waals surface area contributed by atoms with E-state index >= 15 is 0 Å². The third-order valence-corrected chi connectivity index (χ3v) is 2.76. The fourth-order valence-corrected chi connectivity index (χ4v) is 1.71. The molecule has 2 rings (SSSR count). The summed E-state index contributed by atoms with van der Waals surface area (Å²) in [6.45, 7) is 0. The van der Waals surface area contributed by atoms with Gasteiger partial charge in [0, 0.05) is 18.9 Å². The van der Waals surface area contributed by atoms with Crippen LogP contribution < -0.4 is 5.73 Å². The van der Waals surface area contributed by atoms with Crippen molar-refractivity contribution in [3.8, 4) is 0 Å². The minimum absolute atomic E-state index is 0.410. The molecule has 0 aliphatic rings. The Bertz CT molecular complexity index is 410. The number of rotatable bonds is 3. The zero-order valence-corrected chi connectivity index (χ0v) is 8.36. The van der Waals surface area contributed by atoms with Crippen LogP contribution in [-0.4, -0.2) is 19.9 Å². The van der Waals surface area contributed by atoms with E-state index in [1.54, 1.807) is 10.8 Å². The van der Waals surface area contributed by atoms with Crippen molar-refractivity contribution in [2.75, 3.05) is 5.73 Å². The quantitative estimate of drug-likeness (QED) is 0.751. The van der Waals surface area contributed by atoms with Gasteiger partial charge in [-0.1, -0.05) is 16.9 Å². The van der Waals surface area contributed by atoms with Crippen LogP contribution in [0.2, 0.25) is 0 Å². The first-order chi connectivity index (χ1) is 6.77. The highest BCUT2D eigenvalue weighted by Gasteiger charge is 2.06. The molecule has 2 aromatic heterocycles. The van der Waals surface area contributed by atoms with Gasteiger partial charge < -0.3 is 10.3 Å². The molecule has 74 valence electrons. The molecule has 0 aromatic carbocycles. The standard InChI is InChI=1S/C7H9N5OS/c1-12-6(8)9-10-7(12)14-4-5-2-3-13-11-5/h2-3H,4H2,1H3,(H2,8,9). The van der Waals surface area contributed by atoms with Gasteiger partial charge >= 0.3 is 0 Å². The SMILES string of the molecule is Cn1c(N)nnc1SCc1ccon1. The predicted molar refractivity (Wildman–Crippen MR) is 51.5 cm³/mol. The fraction of sp³-hybridized carbons (Fsp3) is 0.286. The Kier molecular flexibility index (Phi) is 2.40. The Morgan fingerprint density at radius 3 is 3.00 bits per heavy atom. The maximum atomic E-state index is 5.53. The van der Waals surface area contributed by atoms with Gasteiger partial charge in [-0.2, -0.15) is 0 Å². The lowest BCUT2D eigenvalue weighted by Crippen LogP contribution is -1.98. The monoisotopic (exact) mass is 211 g/mol. The summed E-state index contributed by atoms with van der Waals surface area (Å²) in [4.78, 5) is 0. The van der Waals surface area contributed by atoms with E-state index in [9.17, 15) is 0 Å². The second kappa shape index (κ2) is 3.70. The molecule has 0 atom stereocenters. The largest absolute Gasteiger partial charge is 0.368 e. The van der Waals surface area contributed by atoms with Crippen molar-refractivity contribution in [2.45, 2.75) is 10.9 Å². The number of hydrogen-bond acceptors (Lipinski definition) is 6. The molecule has 0 radical (unpaired) electrons. The molecule has 0 amide bonds.